The Labute approximate surface area is 156 Å². The molecule has 0 radical (unpaired) electrons. The zero-order valence-corrected chi connectivity index (χ0v) is 15.7. The predicted octanol–water partition coefficient (Wildman–Crippen LogP) is 3.58. The highest BCUT2D eigenvalue weighted by Gasteiger charge is 2.23. The first-order valence-corrected chi connectivity index (χ1v) is 9.35. The van der Waals surface area contributed by atoms with Gasteiger partial charge in [0.05, 0.1) is 7.11 Å². The molecule has 1 N–H and O–H groups in total. The molecule has 1 amide bonds. The Morgan fingerprint density at radius 2 is 2.04 bits per heavy atom. The molecule has 1 saturated heterocycles. The molecular formula is C22H28N2O2. The molecule has 4 nitrogen and oxygen atoms in total. The van der Waals surface area contributed by atoms with Crippen LogP contribution >= 0.6 is 0 Å². The second-order valence-corrected chi connectivity index (χ2v) is 7.09. The molecule has 2 aromatic rings. The number of rotatable bonds is 7. The number of benzene rings is 2. The van der Waals surface area contributed by atoms with Gasteiger partial charge >= 0.3 is 0 Å². The number of carbonyl (C=O) groups is 1. The van der Waals surface area contributed by atoms with Gasteiger partial charge in [-0.1, -0.05) is 24.3 Å². The van der Waals surface area contributed by atoms with Crippen molar-refractivity contribution in [2.75, 3.05) is 31.6 Å². The molecule has 1 atom stereocenters. The number of nitrogens with one attached hydrogen (secondary N) is 1. The van der Waals surface area contributed by atoms with Gasteiger partial charge in [-0.15, -0.1) is 0 Å². The van der Waals surface area contributed by atoms with Crippen LogP contribution in [0.3, 0.4) is 0 Å². The zero-order valence-electron chi connectivity index (χ0n) is 15.7. The summed E-state index contributed by atoms with van der Waals surface area (Å²) < 4.78 is 5.15. The maximum Gasteiger partial charge on any atom is 0.220 e. The molecule has 3 rings (SSSR count). The molecule has 26 heavy (non-hydrogen) atoms. The van der Waals surface area contributed by atoms with E-state index < -0.39 is 0 Å². The number of nitrogens with zero attached hydrogens (tertiary/aromatic N) is 1. The van der Waals surface area contributed by atoms with Gasteiger partial charge in [0, 0.05) is 31.7 Å². The second-order valence-electron chi connectivity index (χ2n) is 7.09. The maximum atomic E-state index is 12.1. The van der Waals surface area contributed by atoms with Crippen LogP contribution in [-0.2, 0) is 11.2 Å². The zero-order chi connectivity index (χ0) is 18.4. The Morgan fingerprint density at radius 1 is 1.23 bits per heavy atom. The van der Waals surface area contributed by atoms with Gasteiger partial charge in [-0.2, -0.15) is 0 Å². The summed E-state index contributed by atoms with van der Waals surface area (Å²) in [4.78, 5) is 14.6. The van der Waals surface area contributed by atoms with E-state index in [1.165, 1.54) is 11.3 Å². The summed E-state index contributed by atoms with van der Waals surface area (Å²) in [5.41, 5.74) is 3.74. The van der Waals surface area contributed by atoms with Crippen molar-refractivity contribution in [2.24, 2.45) is 5.92 Å². The van der Waals surface area contributed by atoms with Crippen molar-refractivity contribution in [2.45, 2.75) is 26.2 Å². The summed E-state index contributed by atoms with van der Waals surface area (Å²) in [6.45, 7) is 4.97. The van der Waals surface area contributed by atoms with Gasteiger partial charge in [-0.05, 0) is 61.1 Å². The first-order chi connectivity index (χ1) is 12.6. The molecule has 2 aromatic carbocycles. The van der Waals surface area contributed by atoms with Crippen molar-refractivity contribution < 1.29 is 9.53 Å². The highest BCUT2D eigenvalue weighted by atomic mass is 16.5. The van der Waals surface area contributed by atoms with Gasteiger partial charge in [0.1, 0.15) is 5.75 Å². The average molecular weight is 352 g/mol. The third kappa shape index (κ3) is 5.01. The lowest BCUT2D eigenvalue weighted by molar-refractivity contribution is -0.121. The van der Waals surface area contributed by atoms with Gasteiger partial charge in [0.15, 0.2) is 0 Å². The third-order valence-corrected chi connectivity index (χ3v) is 5.04. The molecule has 0 aliphatic carbocycles. The van der Waals surface area contributed by atoms with E-state index in [1.807, 2.05) is 24.3 Å². The first-order valence-electron chi connectivity index (χ1n) is 9.35. The minimum Gasteiger partial charge on any atom is -0.497 e. The summed E-state index contributed by atoms with van der Waals surface area (Å²) in [7, 11) is 1.66. The fourth-order valence-electron chi connectivity index (χ4n) is 3.46. The van der Waals surface area contributed by atoms with Crippen molar-refractivity contribution in [3.05, 3.63) is 59.7 Å². The van der Waals surface area contributed by atoms with E-state index >= 15 is 0 Å². The SMILES string of the molecule is COc1ccc(CCC(=O)NCC2CCN(c3cccc(C)c3)C2)cc1. The molecule has 138 valence electrons. The van der Waals surface area contributed by atoms with Crippen molar-refractivity contribution in [3.8, 4) is 5.75 Å². The predicted molar refractivity (Wildman–Crippen MR) is 106 cm³/mol. The quantitative estimate of drug-likeness (QED) is 0.828. The number of aryl methyl sites for hydroxylation is 2. The number of anilines is 1. The number of carbonyl (C=O) groups excluding carboxylic acids is 1. The molecule has 1 fully saturated rings. The minimum atomic E-state index is 0.134. The Morgan fingerprint density at radius 3 is 2.77 bits per heavy atom. The summed E-state index contributed by atoms with van der Waals surface area (Å²) in [6, 6.07) is 16.5. The molecule has 0 bridgehead atoms. The van der Waals surface area contributed by atoms with Crippen molar-refractivity contribution in [1.82, 2.24) is 5.32 Å². The van der Waals surface area contributed by atoms with Gasteiger partial charge in [-0.3, -0.25) is 4.79 Å². The highest BCUT2D eigenvalue weighted by Crippen LogP contribution is 2.24. The molecule has 0 saturated carbocycles. The van der Waals surface area contributed by atoms with E-state index in [0.29, 0.717) is 12.3 Å². The summed E-state index contributed by atoms with van der Waals surface area (Å²) in [6.07, 6.45) is 2.42. The number of hydrogen-bond acceptors (Lipinski definition) is 3. The lowest BCUT2D eigenvalue weighted by atomic mass is 10.1. The fraction of sp³-hybridized carbons (Fsp3) is 0.409. The molecule has 0 spiro atoms. The Hall–Kier alpha value is -2.49. The number of ether oxygens (including phenoxy) is 1. The van der Waals surface area contributed by atoms with E-state index in [2.05, 4.69) is 41.4 Å². The van der Waals surface area contributed by atoms with Crippen molar-refractivity contribution in [1.29, 1.82) is 0 Å². The average Bonchev–Trinajstić information content (AvgIpc) is 3.14. The van der Waals surface area contributed by atoms with E-state index in [1.54, 1.807) is 7.11 Å². The van der Waals surface area contributed by atoms with Gasteiger partial charge in [0.2, 0.25) is 5.91 Å². The summed E-state index contributed by atoms with van der Waals surface area (Å²) in [5, 5.41) is 3.11. The van der Waals surface area contributed by atoms with Crippen LogP contribution in [0.2, 0.25) is 0 Å². The molecule has 1 heterocycles. The molecule has 4 heteroatoms. The van der Waals surface area contributed by atoms with Crippen LogP contribution in [0.4, 0.5) is 5.69 Å². The topological polar surface area (TPSA) is 41.6 Å². The highest BCUT2D eigenvalue weighted by molar-refractivity contribution is 5.76. The Kier molecular flexibility index (Phi) is 6.16. The van der Waals surface area contributed by atoms with Crippen LogP contribution in [0.1, 0.15) is 24.0 Å². The smallest absolute Gasteiger partial charge is 0.220 e. The number of amides is 1. The normalized spacial score (nSPS) is 16.5. The van der Waals surface area contributed by atoms with E-state index in [4.69, 9.17) is 4.74 Å². The monoisotopic (exact) mass is 352 g/mol. The number of methoxy groups -OCH3 is 1. The summed E-state index contributed by atoms with van der Waals surface area (Å²) in [5.74, 6) is 1.51. The van der Waals surface area contributed by atoms with E-state index in [9.17, 15) is 4.79 Å². The van der Waals surface area contributed by atoms with E-state index in [0.717, 1.165) is 43.8 Å². The second kappa shape index (κ2) is 8.75. The van der Waals surface area contributed by atoms with Crippen LogP contribution in [0.25, 0.3) is 0 Å². The van der Waals surface area contributed by atoms with Gasteiger partial charge < -0.3 is 15.0 Å². The number of hydrogen-bond donors (Lipinski definition) is 1. The van der Waals surface area contributed by atoms with Crippen LogP contribution < -0.4 is 15.0 Å². The maximum absolute atomic E-state index is 12.1. The van der Waals surface area contributed by atoms with Gasteiger partial charge in [-0.25, -0.2) is 0 Å². The molecule has 1 unspecified atom stereocenters. The fourth-order valence-corrected chi connectivity index (χ4v) is 3.46. The first kappa shape index (κ1) is 18.3. The Balaban J connectivity index is 1.39. The van der Waals surface area contributed by atoms with Crippen molar-refractivity contribution in [3.63, 3.8) is 0 Å². The third-order valence-electron chi connectivity index (χ3n) is 5.04. The van der Waals surface area contributed by atoms with E-state index in [-0.39, 0.29) is 5.91 Å². The van der Waals surface area contributed by atoms with Crippen LogP contribution in [0.5, 0.6) is 5.75 Å². The summed E-state index contributed by atoms with van der Waals surface area (Å²) >= 11 is 0. The van der Waals surface area contributed by atoms with Crippen LogP contribution in [0, 0.1) is 12.8 Å². The van der Waals surface area contributed by atoms with Gasteiger partial charge in [0.25, 0.3) is 0 Å². The lowest BCUT2D eigenvalue weighted by Crippen LogP contribution is -2.31. The molecular weight excluding hydrogens is 324 g/mol. The Bertz CT molecular complexity index is 727. The molecule has 1 aliphatic rings. The van der Waals surface area contributed by atoms with Crippen molar-refractivity contribution >= 4 is 11.6 Å². The van der Waals surface area contributed by atoms with Crippen LogP contribution in [-0.4, -0.2) is 32.7 Å². The standard InChI is InChI=1S/C22H28N2O2/c1-17-4-3-5-20(14-17)24-13-12-19(16-24)15-23-22(25)11-8-18-6-9-21(26-2)10-7-18/h3-7,9-10,14,19H,8,11-13,15-16H2,1-2H3,(H,23,25). The largest absolute Gasteiger partial charge is 0.497 e. The van der Waals surface area contributed by atoms with Crippen LogP contribution in [0.15, 0.2) is 48.5 Å². The molecule has 0 aromatic heterocycles. The minimum absolute atomic E-state index is 0.134. The lowest BCUT2D eigenvalue weighted by Gasteiger charge is -2.19. The molecule has 1 aliphatic heterocycles.